The van der Waals surface area contributed by atoms with Crippen molar-refractivity contribution in [3.63, 3.8) is 0 Å². The van der Waals surface area contributed by atoms with Crippen LogP contribution in [0.5, 0.6) is 11.5 Å². The first-order valence-corrected chi connectivity index (χ1v) is 16.7. The standard InChI is InChI=1S/2C10H9NO3.C4H10O2.C2HF3O2.C2H6.2CF3O2S.Zn/c2*1-14-9-4-2-3-7-6(9)5-8(11-7)10(12)13;1-4(2,3)6-5;3-2(4,5)1(6)7;1-2;2*2-1(3,4)7(5)6;/h2*2-5,11H,1H3,(H,12,13);5H,1-3H3;(H,6,7);1-2H3;;;/q;;;;;2*-1;+2. The van der Waals surface area contributed by atoms with Crippen LogP contribution in [0.1, 0.15) is 55.6 Å². The molecule has 2 heterocycles. The van der Waals surface area contributed by atoms with Gasteiger partial charge in [0.25, 0.3) is 0 Å². The van der Waals surface area contributed by atoms with Crippen LogP contribution < -0.4 is 9.47 Å². The Hall–Kier alpha value is -4.66. The summed E-state index contributed by atoms with van der Waals surface area (Å²) in [5, 5.41) is 34.2. The number of methoxy groups -OCH3 is 2. The molecule has 4 rings (SSSR count). The Labute approximate surface area is 338 Å². The molecule has 0 saturated heterocycles. The number of carbonyl (C=O) groups is 3. The van der Waals surface area contributed by atoms with Gasteiger partial charge in [-0.15, -0.1) is 0 Å². The molecule has 4 aromatic rings. The van der Waals surface area contributed by atoms with Crippen LogP contribution >= 0.6 is 0 Å². The minimum Gasteiger partial charge on any atom is -0.496 e. The van der Waals surface area contributed by atoms with Gasteiger partial charge >= 0.3 is 54.6 Å². The second-order valence-corrected chi connectivity index (χ2v) is 12.1. The summed E-state index contributed by atoms with van der Waals surface area (Å²) in [7, 11) is -4.75. The topological polar surface area (TPSA) is 260 Å². The van der Waals surface area contributed by atoms with E-state index in [2.05, 4.69) is 14.9 Å². The Morgan fingerprint density at radius 2 is 0.862 bits per heavy atom. The fraction of sp³-hybridized carbons (Fsp3) is 0.367. The van der Waals surface area contributed by atoms with Crippen LogP contribution in [-0.4, -0.2) is 85.5 Å². The fourth-order valence-electron chi connectivity index (χ4n) is 2.84. The molecule has 0 radical (unpaired) electrons. The smallest absolute Gasteiger partial charge is 0.496 e. The minimum absolute atomic E-state index is 0. The number of alkyl halides is 9. The number of rotatable bonds is 4. The van der Waals surface area contributed by atoms with E-state index >= 15 is 0 Å². The molecule has 0 spiro atoms. The number of carboxylic acid groups (broad SMARTS) is 3. The summed E-state index contributed by atoms with van der Waals surface area (Å²) in [6.07, 6.45) is -5.08. The molecule has 6 N–H and O–H groups in total. The zero-order chi connectivity index (χ0) is 45.7. The average molecular weight is 948 g/mol. The van der Waals surface area contributed by atoms with E-state index in [1.165, 1.54) is 0 Å². The van der Waals surface area contributed by atoms with Gasteiger partial charge in [0.15, 0.2) is 0 Å². The maximum absolute atomic E-state index is 10.7. The maximum atomic E-state index is 10.7. The van der Waals surface area contributed by atoms with E-state index < -0.39 is 62.1 Å². The molecule has 0 saturated carbocycles. The first-order valence-electron chi connectivity index (χ1n) is 14.6. The molecule has 0 unspecified atom stereocenters. The molecular formula is C30H35F9N2O14S2Zn. The third-order valence-electron chi connectivity index (χ3n) is 5.04. The van der Waals surface area contributed by atoms with Gasteiger partial charge in [-0.1, -0.05) is 26.0 Å². The number of H-pyrrole nitrogens is 2. The molecule has 326 valence electrons. The zero-order valence-electron chi connectivity index (χ0n) is 30.9. The van der Waals surface area contributed by atoms with Gasteiger partial charge in [-0.05, 0) is 57.2 Å². The molecule has 0 bridgehead atoms. The van der Waals surface area contributed by atoms with E-state index in [9.17, 15) is 49.1 Å². The molecule has 2 aromatic heterocycles. The second-order valence-electron chi connectivity index (χ2n) is 10.2. The van der Waals surface area contributed by atoms with Gasteiger partial charge < -0.3 is 51.6 Å². The fourth-order valence-corrected chi connectivity index (χ4v) is 2.84. The number of fused-ring (bicyclic) bond motifs is 2. The maximum Gasteiger partial charge on any atom is 2.00 e. The molecule has 16 nitrogen and oxygen atoms in total. The third-order valence-corrected chi connectivity index (χ3v) is 5.80. The molecule has 0 atom stereocenters. The number of halogens is 9. The Balaban J connectivity index is -0.000000310. The zero-order valence-corrected chi connectivity index (χ0v) is 35.5. The monoisotopic (exact) mass is 946 g/mol. The third kappa shape index (κ3) is 24.9. The van der Waals surface area contributed by atoms with E-state index in [4.69, 9.17) is 51.7 Å². The average Bonchev–Trinajstić information content (AvgIpc) is 3.75. The van der Waals surface area contributed by atoms with Crippen LogP contribution in [0.15, 0.2) is 48.5 Å². The van der Waals surface area contributed by atoms with Crippen molar-refractivity contribution in [1.82, 2.24) is 9.97 Å². The molecule has 58 heavy (non-hydrogen) atoms. The largest absolute Gasteiger partial charge is 2.00 e. The molecule has 2 aromatic carbocycles. The molecule has 0 aliphatic carbocycles. The van der Waals surface area contributed by atoms with Crippen molar-refractivity contribution < 1.29 is 125 Å². The number of aliphatic carboxylic acids is 1. The van der Waals surface area contributed by atoms with E-state index in [-0.39, 0.29) is 30.9 Å². The molecule has 0 aliphatic rings. The molecule has 0 fully saturated rings. The number of carboxylic acids is 3. The van der Waals surface area contributed by atoms with Crippen molar-refractivity contribution in [2.24, 2.45) is 0 Å². The van der Waals surface area contributed by atoms with Gasteiger partial charge in [-0.25, -0.2) is 19.3 Å². The Morgan fingerprint density at radius 3 is 1.02 bits per heavy atom. The summed E-state index contributed by atoms with van der Waals surface area (Å²) in [6.45, 7) is 9.31. The van der Waals surface area contributed by atoms with Gasteiger partial charge in [0.2, 0.25) is 0 Å². The quantitative estimate of drug-likeness (QED) is 0.0370. The van der Waals surface area contributed by atoms with Crippen molar-refractivity contribution >= 4 is 61.1 Å². The normalized spacial score (nSPS) is 10.7. The van der Waals surface area contributed by atoms with Gasteiger partial charge in [0, 0.05) is 43.2 Å². The van der Waals surface area contributed by atoms with Crippen molar-refractivity contribution in [1.29, 1.82) is 0 Å². The first kappa shape index (κ1) is 60.0. The predicted molar refractivity (Wildman–Crippen MR) is 182 cm³/mol. The van der Waals surface area contributed by atoms with Crippen LogP contribution in [0.2, 0.25) is 0 Å². The van der Waals surface area contributed by atoms with Crippen molar-refractivity contribution in [2.45, 2.75) is 57.4 Å². The predicted octanol–water partition coefficient (Wildman–Crippen LogP) is 8.31. The van der Waals surface area contributed by atoms with Crippen LogP contribution in [0.4, 0.5) is 39.5 Å². The minimum atomic E-state index is -5.08. The summed E-state index contributed by atoms with van der Waals surface area (Å²) < 4.78 is 141. The number of benzene rings is 2. The summed E-state index contributed by atoms with van der Waals surface area (Å²) in [6, 6.07) is 14.0. The Kier molecular flexibility index (Phi) is 28.1. The number of aromatic amines is 2. The molecule has 28 heteroatoms. The number of aromatic nitrogens is 2. The number of ether oxygens (including phenoxy) is 2. The van der Waals surface area contributed by atoms with E-state index in [0.29, 0.717) is 11.5 Å². The number of aromatic carboxylic acids is 2. The van der Waals surface area contributed by atoms with E-state index in [1.807, 2.05) is 38.1 Å². The van der Waals surface area contributed by atoms with E-state index in [1.54, 1.807) is 59.3 Å². The summed E-state index contributed by atoms with van der Waals surface area (Å²) in [5.74, 6) is -3.35. The number of hydrogen-bond acceptors (Lipinski definition) is 13. The van der Waals surface area contributed by atoms with Gasteiger partial charge in [-0.2, -0.15) is 39.5 Å². The van der Waals surface area contributed by atoms with Gasteiger partial charge in [-0.3, -0.25) is 5.26 Å². The van der Waals surface area contributed by atoms with E-state index in [0.717, 1.165) is 21.8 Å². The summed E-state index contributed by atoms with van der Waals surface area (Å²) >= 11 is 0. The van der Waals surface area contributed by atoms with Crippen molar-refractivity contribution in [3.05, 3.63) is 59.9 Å². The van der Waals surface area contributed by atoms with Gasteiger partial charge in [0.1, 0.15) is 22.9 Å². The van der Waals surface area contributed by atoms with Crippen molar-refractivity contribution in [2.75, 3.05) is 14.2 Å². The molecule has 0 amide bonds. The van der Waals surface area contributed by atoms with Crippen LogP contribution in [0, 0.1) is 0 Å². The SMILES string of the molecule is CC.CC(C)(C)OO.COc1cccc2[nH]c(C(=O)O)cc12.COc1cccc2[nH]c(C(=O)O)cc12.O=C(O)C(F)(F)F.O=[S-](=O)C(F)(F)F.O=[S-](=O)C(F)(F)F.[Zn+2]. The summed E-state index contributed by atoms with van der Waals surface area (Å²) in [5.41, 5.74) is -8.70. The second kappa shape index (κ2) is 27.1. The van der Waals surface area contributed by atoms with Gasteiger partial charge in [0.05, 0.1) is 19.8 Å². The molecular weight excluding hydrogens is 913 g/mol. The van der Waals surface area contributed by atoms with Crippen LogP contribution in [-0.2, 0) is 67.4 Å². The van der Waals surface area contributed by atoms with Crippen molar-refractivity contribution in [3.8, 4) is 11.5 Å². The Bertz CT molecular complexity index is 1880. The first-order chi connectivity index (χ1) is 25.8. The number of hydrogen-bond donors (Lipinski definition) is 6. The number of nitrogens with one attached hydrogen (secondary N) is 2. The van der Waals surface area contributed by atoms with Crippen LogP contribution in [0.3, 0.4) is 0 Å². The molecule has 0 aliphatic heterocycles. The van der Waals surface area contributed by atoms with Crippen LogP contribution in [0.25, 0.3) is 21.8 Å². The summed E-state index contributed by atoms with van der Waals surface area (Å²) in [4.78, 5) is 39.8. The Morgan fingerprint density at radius 1 is 0.621 bits per heavy atom.